The van der Waals surface area contributed by atoms with E-state index in [0.717, 1.165) is 30.9 Å². The Labute approximate surface area is 161 Å². The number of hydrogen-bond donors (Lipinski definition) is 1. The number of benzene rings is 2. The van der Waals surface area contributed by atoms with E-state index in [4.69, 9.17) is 9.15 Å². The third-order valence-corrected chi connectivity index (χ3v) is 4.87. The van der Waals surface area contributed by atoms with E-state index < -0.39 is 18.5 Å². The van der Waals surface area contributed by atoms with Gasteiger partial charge in [-0.1, -0.05) is 36.4 Å². The fraction of sp³-hybridized carbons (Fsp3) is 0.227. The van der Waals surface area contributed by atoms with Gasteiger partial charge in [0.2, 0.25) is 5.76 Å². The zero-order chi connectivity index (χ0) is 19.5. The van der Waals surface area contributed by atoms with E-state index in [-0.39, 0.29) is 17.2 Å². The van der Waals surface area contributed by atoms with Gasteiger partial charge >= 0.3 is 5.97 Å². The van der Waals surface area contributed by atoms with Gasteiger partial charge in [0.15, 0.2) is 12.0 Å². The highest BCUT2D eigenvalue weighted by Crippen LogP contribution is 2.29. The highest BCUT2D eigenvalue weighted by Gasteiger charge is 2.22. The minimum Gasteiger partial charge on any atom is -0.450 e. The van der Waals surface area contributed by atoms with Crippen LogP contribution in [0.4, 0.5) is 0 Å². The highest BCUT2D eigenvalue weighted by atomic mass is 16.5. The molecule has 0 fully saturated rings. The van der Waals surface area contributed by atoms with Crippen LogP contribution in [0.15, 0.2) is 63.8 Å². The normalized spacial score (nSPS) is 15.6. The van der Waals surface area contributed by atoms with E-state index >= 15 is 0 Å². The number of ether oxygens (including phenoxy) is 1. The molecule has 0 radical (unpaired) electrons. The van der Waals surface area contributed by atoms with Gasteiger partial charge in [-0.15, -0.1) is 0 Å². The maximum absolute atomic E-state index is 12.3. The van der Waals surface area contributed by atoms with Crippen LogP contribution in [0.1, 0.15) is 40.6 Å². The van der Waals surface area contributed by atoms with Crippen LogP contribution in [0.25, 0.3) is 11.0 Å². The molecule has 0 aliphatic heterocycles. The van der Waals surface area contributed by atoms with Crippen molar-refractivity contribution in [1.29, 1.82) is 0 Å². The second kappa shape index (κ2) is 7.68. The van der Waals surface area contributed by atoms with E-state index in [1.165, 1.54) is 5.56 Å². The van der Waals surface area contributed by atoms with Crippen LogP contribution in [0.5, 0.6) is 0 Å². The average Bonchev–Trinajstić information content (AvgIpc) is 2.72. The highest BCUT2D eigenvalue weighted by molar-refractivity contribution is 5.90. The first-order valence-corrected chi connectivity index (χ1v) is 9.19. The Bertz CT molecular complexity index is 1100. The molecular weight excluding hydrogens is 358 g/mol. The summed E-state index contributed by atoms with van der Waals surface area (Å²) in [4.78, 5) is 36.5. The molecule has 1 amide bonds. The number of para-hydroxylation sites is 1. The monoisotopic (exact) mass is 377 g/mol. The van der Waals surface area contributed by atoms with Crippen molar-refractivity contribution in [2.24, 2.45) is 0 Å². The summed E-state index contributed by atoms with van der Waals surface area (Å²) in [6.45, 7) is -0.436. The van der Waals surface area contributed by atoms with E-state index in [2.05, 4.69) is 11.4 Å². The molecule has 142 valence electrons. The molecule has 0 bridgehead atoms. The van der Waals surface area contributed by atoms with Crippen molar-refractivity contribution in [2.75, 3.05) is 6.61 Å². The Hall–Kier alpha value is -3.41. The molecule has 1 N–H and O–H groups in total. The molecule has 6 nitrogen and oxygen atoms in total. The van der Waals surface area contributed by atoms with Crippen molar-refractivity contribution in [1.82, 2.24) is 5.32 Å². The molecule has 0 spiro atoms. The quantitative estimate of drug-likeness (QED) is 0.706. The predicted molar refractivity (Wildman–Crippen MR) is 103 cm³/mol. The van der Waals surface area contributed by atoms with Crippen molar-refractivity contribution in [2.45, 2.75) is 25.3 Å². The molecule has 0 saturated carbocycles. The van der Waals surface area contributed by atoms with Crippen molar-refractivity contribution < 1.29 is 18.7 Å². The Morgan fingerprint density at radius 2 is 1.89 bits per heavy atom. The van der Waals surface area contributed by atoms with Gasteiger partial charge in [-0.2, -0.15) is 0 Å². The van der Waals surface area contributed by atoms with Gasteiger partial charge in [-0.25, -0.2) is 4.79 Å². The van der Waals surface area contributed by atoms with Crippen LogP contribution in [-0.4, -0.2) is 18.5 Å². The lowest BCUT2D eigenvalue weighted by Gasteiger charge is -2.26. The van der Waals surface area contributed by atoms with E-state index in [1.807, 2.05) is 18.2 Å². The Morgan fingerprint density at radius 3 is 2.79 bits per heavy atom. The molecule has 2 aromatic carbocycles. The number of rotatable bonds is 4. The molecule has 1 heterocycles. The minimum absolute atomic E-state index is 0.0882. The third kappa shape index (κ3) is 3.67. The van der Waals surface area contributed by atoms with Crippen LogP contribution < -0.4 is 10.7 Å². The molecule has 3 aromatic rings. The standard InChI is InChI=1S/C22H19NO5/c24-18-12-20(28-19-11-4-3-9-16(18)19)22(26)27-13-21(25)23-17-10-5-7-14-6-1-2-8-15(14)17/h1-4,6,8-9,11-12,17H,5,7,10,13H2,(H,23,25)/t17-/m0/s1. The summed E-state index contributed by atoms with van der Waals surface area (Å²) >= 11 is 0. The Kier molecular flexibility index (Phi) is 4.93. The molecule has 0 saturated heterocycles. The van der Waals surface area contributed by atoms with Crippen LogP contribution in [0.2, 0.25) is 0 Å². The summed E-state index contributed by atoms with van der Waals surface area (Å²) in [7, 11) is 0. The number of aryl methyl sites for hydroxylation is 1. The fourth-order valence-corrected chi connectivity index (χ4v) is 3.55. The summed E-state index contributed by atoms with van der Waals surface area (Å²) < 4.78 is 10.5. The Balaban J connectivity index is 1.40. The molecule has 1 aliphatic rings. The van der Waals surface area contributed by atoms with Gasteiger partial charge in [0.05, 0.1) is 11.4 Å². The molecule has 1 aromatic heterocycles. The lowest BCUT2D eigenvalue weighted by atomic mass is 9.88. The summed E-state index contributed by atoms with van der Waals surface area (Å²) in [6, 6.07) is 15.6. The van der Waals surface area contributed by atoms with Gasteiger partial charge in [0, 0.05) is 6.07 Å². The molecule has 1 aliphatic carbocycles. The SMILES string of the molecule is O=C(COC(=O)c1cc(=O)c2ccccc2o1)N[C@H]1CCCc2ccccc21. The third-order valence-electron chi connectivity index (χ3n) is 4.87. The van der Waals surface area contributed by atoms with E-state index in [9.17, 15) is 14.4 Å². The molecule has 28 heavy (non-hydrogen) atoms. The smallest absolute Gasteiger partial charge is 0.374 e. The van der Waals surface area contributed by atoms with Crippen molar-refractivity contribution in [3.05, 3.63) is 81.7 Å². The molecular formula is C22H19NO5. The first-order chi connectivity index (χ1) is 13.6. The molecule has 6 heteroatoms. The zero-order valence-corrected chi connectivity index (χ0v) is 15.1. The second-order valence-corrected chi connectivity index (χ2v) is 6.76. The summed E-state index contributed by atoms with van der Waals surface area (Å²) in [5, 5.41) is 3.30. The van der Waals surface area contributed by atoms with Crippen molar-refractivity contribution in [3.63, 3.8) is 0 Å². The van der Waals surface area contributed by atoms with Crippen LogP contribution in [0, 0.1) is 0 Å². The first-order valence-electron chi connectivity index (χ1n) is 9.19. The number of carbonyl (C=O) groups excluding carboxylic acids is 2. The van der Waals surface area contributed by atoms with Gasteiger partial charge in [0.25, 0.3) is 5.91 Å². The molecule has 1 atom stereocenters. The van der Waals surface area contributed by atoms with Gasteiger partial charge in [-0.05, 0) is 42.5 Å². The summed E-state index contributed by atoms with van der Waals surface area (Å²) in [5.41, 5.74) is 2.30. The largest absolute Gasteiger partial charge is 0.450 e. The number of esters is 1. The Morgan fingerprint density at radius 1 is 1.11 bits per heavy atom. The van der Waals surface area contributed by atoms with Crippen LogP contribution in [-0.2, 0) is 16.0 Å². The summed E-state index contributed by atoms with van der Waals surface area (Å²) in [6.07, 6.45) is 2.83. The molecule has 0 unspecified atom stereocenters. The topological polar surface area (TPSA) is 85.6 Å². The molecule has 4 rings (SSSR count). The minimum atomic E-state index is -0.845. The van der Waals surface area contributed by atoms with Crippen molar-refractivity contribution in [3.8, 4) is 0 Å². The predicted octanol–water partition coefficient (Wildman–Crippen LogP) is 3.14. The zero-order valence-electron chi connectivity index (χ0n) is 15.1. The lowest BCUT2D eigenvalue weighted by molar-refractivity contribution is -0.125. The average molecular weight is 377 g/mol. The van der Waals surface area contributed by atoms with Gasteiger partial charge in [-0.3, -0.25) is 9.59 Å². The van der Waals surface area contributed by atoms with Crippen molar-refractivity contribution >= 4 is 22.8 Å². The second-order valence-electron chi connectivity index (χ2n) is 6.76. The number of amides is 1. The number of carbonyl (C=O) groups is 2. The number of fused-ring (bicyclic) bond motifs is 2. The number of hydrogen-bond acceptors (Lipinski definition) is 5. The maximum atomic E-state index is 12.3. The fourth-order valence-electron chi connectivity index (χ4n) is 3.55. The lowest BCUT2D eigenvalue weighted by Crippen LogP contribution is -2.34. The van der Waals surface area contributed by atoms with Crippen LogP contribution >= 0.6 is 0 Å². The summed E-state index contributed by atoms with van der Waals surface area (Å²) in [5.74, 6) is -1.46. The van der Waals surface area contributed by atoms with E-state index in [1.54, 1.807) is 24.3 Å². The van der Waals surface area contributed by atoms with Crippen LogP contribution in [0.3, 0.4) is 0 Å². The van der Waals surface area contributed by atoms with Gasteiger partial charge < -0.3 is 14.5 Å². The maximum Gasteiger partial charge on any atom is 0.374 e. The number of nitrogens with one attached hydrogen (secondary N) is 1. The van der Waals surface area contributed by atoms with Gasteiger partial charge in [0.1, 0.15) is 5.58 Å². The van der Waals surface area contributed by atoms with E-state index in [0.29, 0.717) is 11.0 Å². The first kappa shape index (κ1) is 18.0.